The van der Waals surface area contributed by atoms with Crippen LogP contribution in [0.25, 0.3) is 22.0 Å². The summed E-state index contributed by atoms with van der Waals surface area (Å²) in [6, 6.07) is 13.4. The molecule has 0 spiro atoms. The largest absolute Gasteiger partial charge is 0.378 e. The summed E-state index contributed by atoms with van der Waals surface area (Å²) in [5.41, 5.74) is 2.09. The quantitative estimate of drug-likeness (QED) is 0.466. The maximum atomic E-state index is 11.9. The number of nitrogens with zero attached hydrogens (tertiary/aromatic N) is 5. The molecule has 8 heteroatoms. The summed E-state index contributed by atoms with van der Waals surface area (Å²) in [5, 5.41) is 23.0. The van der Waals surface area contributed by atoms with Gasteiger partial charge in [-0.1, -0.05) is 30.3 Å². The number of hydrogen-bond acceptors (Lipinski definition) is 7. The number of benzene rings is 2. The molecule has 0 unspecified atom stereocenters. The van der Waals surface area contributed by atoms with E-state index in [1.165, 1.54) is 6.42 Å². The number of nitro benzene ring substituents is 1. The Morgan fingerprint density at radius 2 is 1.61 bits per heavy atom. The Kier molecular flexibility index (Phi) is 5.38. The molecule has 3 heterocycles. The lowest BCUT2D eigenvalue weighted by Gasteiger charge is -2.29. The van der Waals surface area contributed by atoms with Crippen molar-refractivity contribution in [1.82, 2.24) is 10.2 Å². The third-order valence-corrected chi connectivity index (χ3v) is 6.12. The van der Waals surface area contributed by atoms with Crippen LogP contribution < -0.4 is 9.80 Å². The van der Waals surface area contributed by atoms with E-state index in [0.717, 1.165) is 42.5 Å². The van der Waals surface area contributed by atoms with Gasteiger partial charge < -0.3 is 14.5 Å². The van der Waals surface area contributed by atoms with Gasteiger partial charge in [0.1, 0.15) is 11.4 Å². The number of piperidine rings is 1. The van der Waals surface area contributed by atoms with Crippen LogP contribution in [0.1, 0.15) is 19.3 Å². The van der Waals surface area contributed by atoms with Gasteiger partial charge in [0.2, 0.25) is 0 Å². The average Bonchev–Trinajstić information content (AvgIpc) is 2.84. The first-order valence-electron chi connectivity index (χ1n) is 10.8. The fraction of sp³-hybridized carbons (Fsp3) is 0.391. The van der Waals surface area contributed by atoms with E-state index in [-0.39, 0.29) is 10.6 Å². The molecule has 0 radical (unpaired) electrons. The summed E-state index contributed by atoms with van der Waals surface area (Å²) in [5.74, 6) is 0.901. The lowest BCUT2D eigenvalue weighted by atomic mass is 10.0. The number of anilines is 2. The Hall–Kier alpha value is -3.26. The van der Waals surface area contributed by atoms with E-state index in [0.29, 0.717) is 43.2 Å². The first-order chi connectivity index (χ1) is 15.2. The molecule has 2 aliphatic rings. The first-order valence-corrected chi connectivity index (χ1v) is 10.8. The van der Waals surface area contributed by atoms with Gasteiger partial charge in [0.25, 0.3) is 5.69 Å². The molecule has 160 valence electrons. The van der Waals surface area contributed by atoms with E-state index in [2.05, 4.69) is 21.2 Å². The molecule has 0 aliphatic carbocycles. The van der Waals surface area contributed by atoms with Crippen LogP contribution in [-0.2, 0) is 4.74 Å². The molecule has 0 atom stereocenters. The van der Waals surface area contributed by atoms with E-state index in [1.54, 1.807) is 6.07 Å². The molecule has 2 aromatic carbocycles. The smallest absolute Gasteiger partial charge is 0.293 e. The van der Waals surface area contributed by atoms with Crippen molar-refractivity contribution < 1.29 is 9.66 Å². The number of hydrogen-bond donors (Lipinski definition) is 0. The van der Waals surface area contributed by atoms with E-state index < -0.39 is 0 Å². The van der Waals surface area contributed by atoms with Crippen molar-refractivity contribution in [1.29, 1.82) is 0 Å². The molecule has 5 rings (SSSR count). The highest BCUT2D eigenvalue weighted by Crippen LogP contribution is 2.37. The van der Waals surface area contributed by atoms with Gasteiger partial charge in [0.05, 0.1) is 18.1 Å². The van der Waals surface area contributed by atoms with E-state index >= 15 is 0 Å². The third kappa shape index (κ3) is 3.79. The topological polar surface area (TPSA) is 84.6 Å². The van der Waals surface area contributed by atoms with Crippen molar-refractivity contribution in [3.63, 3.8) is 0 Å². The normalized spacial score (nSPS) is 17.2. The maximum absolute atomic E-state index is 11.9. The predicted octanol–water partition coefficient (Wildman–Crippen LogP) is 4.03. The Morgan fingerprint density at radius 1 is 0.871 bits per heavy atom. The number of rotatable bonds is 4. The van der Waals surface area contributed by atoms with E-state index in [4.69, 9.17) is 4.74 Å². The van der Waals surface area contributed by atoms with Gasteiger partial charge in [-0.2, -0.15) is 0 Å². The zero-order chi connectivity index (χ0) is 21.2. The number of aromatic nitrogens is 2. The molecule has 2 fully saturated rings. The molecule has 3 aromatic rings. The summed E-state index contributed by atoms with van der Waals surface area (Å²) in [4.78, 5) is 15.9. The molecule has 8 nitrogen and oxygen atoms in total. The molecular formula is C23H25N5O3. The van der Waals surface area contributed by atoms with Gasteiger partial charge in [-0.3, -0.25) is 10.1 Å². The monoisotopic (exact) mass is 419 g/mol. The van der Waals surface area contributed by atoms with E-state index in [1.807, 2.05) is 35.2 Å². The van der Waals surface area contributed by atoms with Crippen molar-refractivity contribution >= 4 is 28.0 Å². The van der Waals surface area contributed by atoms with Gasteiger partial charge in [0.15, 0.2) is 5.82 Å². The average molecular weight is 419 g/mol. The molecule has 0 N–H and O–H groups in total. The summed E-state index contributed by atoms with van der Waals surface area (Å²) in [6.07, 6.45) is 3.57. The van der Waals surface area contributed by atoms with Crippen LogP contribution in [0.3, 0.4) is 0 Å². The minimum atomic E-state index is -0.313. The van der Waals surface area contributed by atoms with Crippen molar-refractivity contribution in [2.45, 2.75) is 19.3 Å². The van der Waals surface area contributed by atoms with Crippen LogP contribution in [-0.4, -0.2) is 54.5 Å². The minimum Gasteiger partial charge on any atom is -0.378 e. The molecule has 0 amide bonds. The van der Waals surface area contributed by atoms with Gasteiger partial charge in [0, 0.05) is 48.6 Å². The summed E-state index contributed by atoms with van der Waals surface area (Å²) in [7, 11) is 0. The van der Waals surface area contributed by atoms with Gasteiger partial charge in [-0.25, -0.2) is 0 Å². The van der Waals surface area contributed by atoms with Crippen LogP contribution in [0.4, 0.5) is 17.2 Å². The third-order valence-electron chi connectivity index (χ3n) is 6.12. The summed E-state index contributed by atoms with van der Waals surface area (Å²) in [6.45, 7) is 4.41. The van der Waals surface area contributed by atoms with Crippen LogP contribution in [0.15, 0.2) is 42.5 Å². The first kappa shape index (κ1) is 19.7. The minimum absolute atomic E-state index is 0.0883. The van der Waals surface area contributed by atoms with E-state index in [9.17, 15) is 10.1 Å². The SMILES string of the molecule is O=[N+]([O-])c1cc(-c2nnc(N3CCCCC3)c3ccccc23)ccc1N1CCOCC1. The fourth-order valence-electron chi connectivity index (χ4n) is 4.53. The highest BCUT2D eigenvalue weighted by molar-refractivity contribution is 6.00. The van der Waals surface area contributed by atoms with Crippen molar-refractivity contribution in [2.75, 3.05) is 49.2 Å². The van der Waals surface area contributed by atoms with Gasteiger partial charge in [-0.15, -0.1) is 10.2 Å². The zero-order valence-electron chi connectivity index (χ0n) is 17.4. The predicted molar refractivity (Wildman–Crippen MR) is 121 cm³/mol. The maximum Gasteiger partial charge on any atom is 0.293 e. The summed E-state index contributed by atoms with van der Waals surface area (Å²) >= 11 is 0. The number of morpholine rings is 1. The molecular weight excluding hydrogens is 394 g/mol. The van der Waals surface area contributed by atoms with Crippen molar-refractivity contribution in [3.05, 3.63) is 52.6 Å². The van der Waals surface area contributed by atoms with Gasteiger partial charge >= 0.3 is 0 Å². The van der Waals surface area contributed by atoms with Crippen LogP contribution in [0, 0.1) is 10.1 Å². The van der Waals surface area contributed by atoms with Crippen LogP contribution in [0.5, 0.6) is 0 Å². The number of fused-ring (bicyclic) bond motifs is 1. The molecule has 2 aliphatic heterocycles. The highest BCUT2D eigenvalue weighted by atomic mass is 16.6. The zero-order valence-corrected chi connectivity index (χ0v) is 17.4. The molecule has 0 saturated carbocycles. The molecule has 31 heavy (non-hydrogen) atoms. The lowest BCUT2D eigenvalue weighted by Crippen LogP contribution is -2.36. The van der Waals surface area contributed by atoms with Gasteiger partial charge in [-0.05, 0) is 25.3 Å². The second kappa shape index (κ2) is 8.47. The van der Waals surface area contributed by atoms with Crippen LogP contribution in [0.2, 0.25) is 0 Å². The fourth-order valence-corrected chi connectivity index (χ4v) is 4.53. The molecule has 0 bridgehead atoms. The lowest BCUT2D eigenvalue weighted by molar-refractivity contribution is -0.384. The Labute approximate surface area is 180 Å². The van der Waals surface area contributed by atoms with Crippen molar-refractivity contribution in [3.8, 4) is 11.3 Å². The number of nitro groups is 1. The Bertz CT molecular complexity index is 1110. The van der Waals surface area contributed by atoms with Crippen molar-refractivity contribution in [2.24, 2.45) is 0 Å². The second-order valence-corrected chi connectivity index (χ2v) is 8.03. The second-order valence-electron chi connectivity index (χ2n) is 8.03. The highest BCUT2D eigenvalue weighted by Gasteiger charge is 2.24. The molecule has 2 saturated heterocycles. The Morgan fingerprint density at radius 3 is 2.35 bits per heavy atom. The van der Waals surface area contributed by atoms with Crippen LogP contribution >= 0.6 is 0 Å². The summed E-state index contributed by atoms with van der Waals surface area (Å²) < 4.78 is 5.39. The Balaban J connectivity index is 1.59. The number of ether oxygens (including phenoxy) is 1. The standard InChI is InChI=1S/C23H25N5O3/c29-28(30)21-16-17(8-9-20(21)26-12-14-31-15-13-26)22-18-6-2-3-7-19(18)23(25-24-22)27-10-4-1-5-11-27/h2-3,6-9,16H,1,4-5,10-15H2. The molecule has 1 aromatic heterocycles.